The lowest BCUT2D eigenvalue weighted by Crippen LogP contribution is -2.15. The second-order valence-electron chi connectivity index (χ2n) is 1.24. The summed E-state index contributed by atoms with van der Waals surface area (Å²) in [4.78, 5) is 9.45. The Kier molecular flexibility index (Phi) is 4.70. The number of hydrogen-bond acceptors (Lipinski definition) is 3. The van der Waals surface area contributed by atoms with Gasteiger partial charge in [-0.25, -0.2) is 0 Å². The lowest BCUT2D eigenvalue weighted by atomic mass is 10.4. The minimum absolute atomic E-state index is 0.0208. The van der Waals surface area contributed by atoms with Gasteiger partial charge < -0.3 is 9.84 Å². The van der Waals surface area contributed by atoms with E-state index in [9.17, 15) is 4.79 Å². The molecule has 0 radical (unpaired) electrons. The van der Waals surface area contributed by atoms with Crippen LogP contribution >= 0.6 is 11.6 Å². The van der Waals surface area contributed by atoms with E-state index in [4.69, 9.17) is 16.7 Å². The summed E-state index contributed by atoms with van der Waals surface area (Å²) in [6, 6.07) is 0. The lowest BCUT2D eigenvalue weighted by molar-refractivity contribution is -0.131. The number of carbonyl (C=O) groups excluding carboxylic acids is 1. The van der Waals surface area contributed by atoms with Gasteiger partial charge in [-0.1, -0.05) is 0 Å². The topological polar surface area (TPSA) is 46.5 Å². The molecule has 0 aromatic heterocycles. The smallest absolute Gasteiger partial charge is 0.293 e. The first-order valence-corrected chi connectivity index (χ1v) is 2.64. The van der Waals surface area contributed by atoms with E-state index >= 15 is 0 Å². The normalized spacial score (nSPS) is 12.8. The molecule has 8 heavy (non-hydrogen) atoms. The van der Waals surface area contributed by atoms with Crippen LogP contribution in [0.4, 0.5) is 0 Å². The molecule has 0 aliphatic rings. The average Bonchev–Trinajstić information content (AvgIpc) is 1.83. The minimum atomic E-state index is -0.734. The van der Waals surface area contributed by atoms with Crippen LogP contribution in [0.2, 0.25) is 0 Å². The molecule has 0 aromatic carbocycles. The maximum absolute atomic E-state index is 9.45. The van der Waals surface area contributed by atoms with Crippen LogP contribution < -0.4 is 0 Å². The molecular formula is C4H7ClO3. The van der Waals surface area contributed by atoms with Gasteiger partial charge in [0, 0.05) is 0 Å². The molecule has 48 valence electrons. The maximum Gasteiger partial charge on any atom is 0.293 e. The zero-order valence-electron chi connectivity index (χ0n) is 4.21. The van der Waals surface area contributed by atoms with Gasteiger partial charge in [-0.2, -0.15) is 0 Å². The molecular weight excluding hydrogens is 131 g/mol. The third-order valence-corrected chi connectivity index (χ3v) is 0.891. The van der Waals surface area contributed by atoms with E-state index in [1.165, 1.54) is 0 Å². The fourth-order valence-electron chi connectivity index (χ4n) is 0.195. The Balaban J connectivity index is 2.97. The number of hydrogen-bond donors (Lipinski definition) is 1. The van der Waals surface area contributed by atoms with E-state index in [1.807, 2.05) is 0 Å². The van der Waals surface area contributed by atoms with Crippen molar-refractivity contribution < 1.29 is 14.6 Å². The molecule has 0 aliphatic carbocycles. The molecule has 0 amide bonds. The van der Waals surface area contributed by atoms with Crippen molar-refractivity contribution in [3.8, 4) is 0 Å². The van der Waals surface area contributed by atoms with Crippen molar-refractivity contribution in [2.45, 2.75) is 6.10 Å². The largest absolute Gasteiger partial charge is 0.465 e. The fourth-order valence-corrected chi connectivity index (χ4v) is 0.284. The van der Waals surface area contributed by atoms with Gasteiger partial charge in [0.25, 0.3) is 6.47 Å². The second-order valence-corrected chi connectivity index (χ2v) is 1.55. The van der Waals surface area contributed by atoms with E-state index in [-0.39, 0.29) is 19.0 Å². The number of ether oxygens (including phenoxy) is 1. The molecule has 0 heterocycles. The Morgan fingerprint density at radius 1 is 1.88 bits per heavy atom. The lowest BCUT2D eigenvalue weighted by Gasteiger charge is -2.01. The third-order valence-electron chi connectivity index (χ3n) is 0.535. The molecule has 0 fully saturated rings. The summed E-state index contributed by atoms with van der Waals surface area (Å²) in [5, 5.41) is 8.57. The van der Waals surface area contributed by atoms with Gasteiger partial charge in [0.05, 0.1) is 5.88 Å². The van der Waals surface area contributed by atoms with Crippen molar-refractivity contribution in [2.24, 2.45) is 0 Å². The van der Waals surface area contributed by atoms with Gasteiger partial charge in [-0.15, -0.1) is 11.6 Å². The SMILES string of the molecule is O=COCC(O)CCl. The second kappa shape index (κ2) is 4.87. The minimum Gasteiger partial charge on any atom is -0.465 e. The summed E-state index contributed by atoms with van der Waals surface area (Å²) < 4.78 is 4.17. The van der Waals surface area contributed by atoms with E-state index in [1.54, 1.807) is 0 Å². The Morgan fingerprint density at radius 2 is 2.50 bits per heavy atom. The average molecular weight is 139 g/mol. The van der Waals surface area contributed by atoms with Crippen molar-refractivity contribution in [1.29, 1.82) is 0 Å². The number of carbonyl (C=O) groups is 1. The van der Waals surface area contributed by atoms with Crippen LogP contribution in [0.3, 0.4) is 0 Å². The van der Waals surface area contributed by atoms with Gasteiger partial charge in [-0.05, 0) is 0 Å². The van der Waals surface area contributed by atoms with Crippen LogP contribution in [0.25, 0.3) is 0 Å². The number of aliphatic hydroxyl groups excluding tert-OH is 1. The first-order chi connectivity index (χ1) is 3.81. The summed E-state index contributed by atoms with van der Waals surface area (Å²) >= 11 is 5.14. The first-order valence-electron chi connectivity index (χ1n) is 2.10. The van der Waals surface area contributed by atoms with Crippen molar-refractivity contribution in [1.82, 2.24) is 0 Å². The Morgan fingerprint density at radius 3 is 2.88 bits per heavy atom. The van der Waals surface area contributed by atoms with Crippen LogP contribution in [0.1, 0.15) is 0 Å². The molecule has 0 spiro atoms. The van der Waals surface area contributed by atoms with Crippen molar-refractivity contribution in [3.05, 3.63) is 0 Å². The van der Waals surface area contributed by atoms with Crippen LogP contribution in [0.5, 0.6) is 0 Å². The van der Waals surface area contributed by atoms with Gasteiger partial charge in [0.2, 0.25) is 0 Å². The highest BCUT2D eigenvalue weighted by Crippen LogP contribution is 1.85. The van der Waals surface area contributed by atoms with E-state index in [0.717, 1.165) is 0 Å². The molecule has 1 N–H and O–H groups in total. The standard InChI is InChI=1S/C4H7ClO3/c5-1-4(7)2-8-3-6/h3-4,7H,1-2H2. The van der Waals surface area contributed by atoms with E-state index < -0.39 is 6.10 Å². The van der Waals surface area contributed by atoms with Crippen LogP contribution in [-0.4, -0.2) is 30.2 Å². The molecule has 3 nitrogen and oxygen atoms in total. The monoisotopic (exact) mass is 138 g/mol. The third kappa shape index (κ3) is 3.89. The fraction of sp³-hybridized carbons (Fsp3) is 0.750. The van der Waals surface area contributed by atoms with Crippen LogP contribution in [0.15, 0.2) is 0 Å². The van der Waals surface area contributed by atoms with E-state index in [0.29, 0.717) is 0 Å². The molecule has 1 atom stereocenters. The highest BCUT2D eigenvalue weighted by atomic mass is 35.5. The van der Waals surface area contributed by atoms with Gasteiger partial charge in [0.1, 0.15) is 12.7 Å². The number of alkyl halides is 1. The predicted molar refractivity (Wildman–Crippen MR) is 28.7 cm³/mol. The summed E-state index contributed by atoms with van der Waals surface area (Å²) in [7, 11) is 0. The molecule has 0 rings (SSSR count). The van der Waals surface area contributed by atoms with E-state index in [2.05, 4.69) is 4.74 Å². The summed E-state index contributed by atoms with van der Waals surface area (Å²) in [6.07, 6.45) is -0.734. The van der Waals surface area contributed by atoms with Gasteiger partial charge in [0.15, 0.2) is 0 Å². The molecule has 0 saturated heterocycles. The molecule has 0 aromatic rings. The van der Waals surface area contributed by atoms with Crippen molar-refractivity contribution in [3.63, 3.8) is 0 Å². The van der Waals surface area contributed by atoms with Gasteiger partial charge >= 0.3 is 0 Å². The first kappa shape index (κ1) is 7.72. The Hall–Kier alpha value is -0.280. The Bertz CT molecular complexity index is 66.3. The van der Waals surface area contributed by atoms with Crippen molar-refractivity contribution >= 4 is 18.1 Å². The highest BCUT2D eigenvalue weighted by Gasteiger charge is 1.98. The zero-order valence-corrected chi connectivity index (χ0v) is 4.97. The summed E-state index contributed by atoms with van der Waals surface area (Å²) in [5.41, 5.74) is 0. The zero-order chi connectivity index (χ0) is 6.41. The van der Waals surface area contributed by atoms with Crippen LogP contribution in [0, 0.1) is 0 Å². The molecule has 0 aliphatic heterocycles. The molecule has 0 bridgehead atoms. The molecule has 1 unspecified atom stereocenters. The van der Waals surface area contributed by atoms with Crippen LogP contribution in [-0.2, 0) is 9.53 Å². The molecule has 4 heteroatoms. The number of aliphatic hydroxyl groups is 1. The quantitative estimate of drug-likeness (QED) is 0.431. The number of halogens is 1. The maximum atomic E-state index is 9.45. The van der Waals surface area contributed by atoms with Gasteiger partial charge in [-0.3, -0.25) is 4.79 Å². The summed E-state index contributed by atoms with van der Waals surface area (Å²) in [6.45, 7) is 0.253. The number of rotatable bonds is 4. The summed E-state index contributed by atoms with van der Waals surface area (Å²) in [5.74, 6) is 0.0911. The molecule has 0 saturated carbocycles. The Labute approximate surface area is 52.2 Å². The van der Waals surface area contributed by atoms with Crippen molar-refractivity contribution in [2.75, 3.05) is 12.5 Å². The predicted octanol–water partition coefficient (Wildman–Crippen LogP) is -0.241. The highest BCUT2D eigenvalue weighted by molar-refractivity contribution is 6.18.